The zero-order valence-electron chi connectivity index (χ0n) is 17.8. The van der Waals surface area contributed by atoms with Gasteiger partial charge in [0, 0.05) is 46.2 Å². The zero-order valence-corrected chi connectivity index (χ0v) is 17.8. The van der Waals surface area contributed by atoms with Crippen LogP contribution in [0.25, 0.3) is 0 Å². The van der Waals surface area contributed by atoms with E-state index in [0.717, 1.165) is 50.6 Å². The van der Waals surface area contributed by atoms with E-state index in [1.54, 1.807) is 6.92 Å². The third-order valence-corrected chi connectivity index (χ3v) is 5.16. The van der Waals surface area contributed by atoms with Crippen molar-refractivity contribution in [1.29, 1.82) is 0 Å². The average Bonchev–Trinajstić information content (AvgIpc) is 3.11. The van der Waals surface area contributed by atoms with Crippen LogP contribution in [0.15, 0.2) is 28.8 Å². The van der Waals surface area contributed by atoms with E-state index in [2.05, 4.69) is 37.8 Å². The van der Waals surface area contributed by atoms with Gasteiger partial charge in [-0.2, -0.15) is 4.98 Å². The largest absolute Gasteiger partial charge is 0.491 e. The quantitative estimate of drug-likeness (QED) is 0.638. The van der Waals surface area contributed by atoms with Gasteiger partial charge in [-0.3, -0.25) is 9.80 Å². The molecule has 8 nitrogen and oxygen atoms in total. The maximum Gasteiger partial charge on any atom is 0.223 e. The second-order valence-electron chi connectivity index (χ2n) is 7.75. The van der Waals surface area contributed by atoms with Gasteiger partial charge in [0.2, 0.25) is 5.89 Å². The highest BCUT2D eigenvalue weighted by molar-refractivity contribution is 5.28. The summed E-state index contributed by atoms with van der Waals surface area (Å²) in [4.78, 5) is 11.1. The number of piperazine rings is 1. The SMILES string of the molecule is CCN1CCN(CC(O)COc2cccc(CN(C)Cc3noc(C)n3)c2)CC1. The number of β-amino-alcohol motifs (C(OH)–C–C–N with tert-alkyl or cyclic N) is 1. The Balaban J connectivity index is 1.42. The molecule has 2 aromatic rings. The molecule has 0 bridgehead atoms. The number of aromatic nitrogens is 2. The van der Waals surface area contributed by atoms with Gasteiger partial charge in [0.1, 0.15) is 18.5 Å². The number of aliphatic hydroxyl groups excluding tert-OH is 1. The second kappa shape index (κ2) is 10.7. The fourth-order valence-electron chi connectivity index (χ4n) is 3.58. The number of aliphatic hydroxyl groups is 1. The number of rotatable bonds is 10. The molecule has 29 heavy (non-hydrogen) atoms. The minimum absolute atomic E-state index is 0.301. The van der Waals surface area contributed by atoms with Crippen LogP contribution < -0.4 is 4.74 Å². The van der Waals surface area contributed by atoms with Crippen LogP contribution in [0.2, 0.25) is 0 Å². The van der Waals surface area contributed by atoms with Crippen LogP contribution in [0, 0.1) is 6.92 Å². The van der Waals surface area contributed by atoms with Crippen molar-refractivity contribution in [2.45, 2.75) is 33.0 Å². The fourth-order valence-corrected chi connectivity index (χ4v) is 3.58. The standard InChI is InChI=1S/C21H33N5O3/c1-4-25-8-10-26(11-9-25)14-19(27)16-28-20-7-5-6-18(12-20)13-24(3)15-21-22-17(2)29-23-21/h5-7,12,19,27H,4,8-11,13-16H2,1-3H3. The van der Waals surface area contributed by atoms with Crippen molar-refractivity contribution < 1.29 is 14.4 Å². The van der Waals surface area contributed by atoms with Crippen molar-refractivity contribution in [3.05, 3.63) is 41.5 Å². The molecular weight excluding hydrogens is 370 g/mol. The van der Waals surface area contributed by atoms with Gasteiger partial charge in [-0.05, 0) is 31.3 Å². The molecule has 1 unspecified atom stereocenters. The minimum Gasteiger partial charge on any atom is -0.491 e. The van der Waals surface area contributed by atoms with Gasteiger partial charge < -0.3 is 19.3 Å². The second-order valence-corrected chi connectivity index (χ2v) is 7.75. The molecule has 1 aliphatic rings. The highest BCUT2D eigenvalue weighted by Gasteiger charge is 2.18. The molecule has 160 valence electrons. The lowest BCUT2D eigenvalue weighted by atomic mass is 10.2. The van der Waals surface area contributed by atoms with E-state index in [1.807, 2.05) is 25.2 Å². The van der Waals surface area contributed by atoms with Crippen LogP contribution in [0.4, 0.5) is 0 Å². The van der Waals surface area contributed by atoms with E-state index in [-0.39, 0.29) is 0 Å². The first-order valence-electron chi connectivity index (χ1n) is 10.3. The third kappa shape index (κ3) is 7.08. The predicted octanol–water partition coefficient (Wildman–Crippen LogP) is 1.39. The Bertz CT molecular complexity index is 745. The molecule has 0 radical (unpaired) electrons. The number of ether oxygens (including phenoxy) is 1. The lowest BCUT2D eigenvalue weighted by Crippen LogP contribution is -2.49. The highest BCUT2D eigenvalue weighted by Crippen LogP contribution is 2.16. The highest BCUT2D eigenvalue weighted by atomic mass is 16.5. The summed E-state index contributed by atoms with van der Waals surface area (Å²) >= 11 is 0. The molecule has 1 N–H and O–H groups in total. The Kier molecular flexibility index (Phi) is 8.00. The smallest absolute Gasteiger partial charge is 0.223 e. The Labute approximate surface area is 173 Å². The van der Waals surface area contributed by atoms with Gasteiger partial charge in [0.05, 0.1) is 6.54 Å². The van der Waals surface area contributed by atoms with Crippen molar-refractivity contribution in [1.82, 2.24) is 24.8 Å². The van der Waals surface area contributed by atoms with E-state index in [1.165, 1.54) is 0 Å². The minimum atomic E-state index is -0.490. The van der Waals surface area contributed by atoms with Crippen LogP contribution in [-0.4, -0.2) is 89.0 Å². The summed E-state index contributed by atoms with van der Waals surface area (Å²) in [6.45, 7) is 11.6. The summed E-state index contributed by atoms with van der Waals surface area (Å²) in [5.41, 5.74) is 1.13. The molecule has 0 amide bonds. The van der Waals surface area contributed by atoms with Gasteiger partial charge >= 0.3 is 0 Å². The van der Waals surface area contributed by atoms with E-state index in [9.17, 15) is 5.11 Å². The van der Waals surface area contributed by atoms with Crippen LogP contribution in [0.5, 0.6) is 5.75 Å². The summed E-state index contributed by atoms with van der Waals surface area (Å²) in [6.07, 6.45) is -0.490. The first-order valence-corrected chi connectivity index (χ1v) is 10.3. The Hall–Kier alpha value is -2.00. The molecule has 1 fully saturated rings. The van der Waals surface area contributed by atoms with E-state index < -0.39 is 6.10 Å². The van der Waals surface area contributed by atoms with Gasteiger partial charge in [-0.15, -0.1) is 0 Å². The molecule has 0 saturated carbocycles. The first-order chi connectivity index (χ1) is 14.0. The maximum absolute atomic E-state index is 10.4. The van der Waals surface area contributed by atoms with E-state index in [0.29, 0.717) is 31.4 Å². The van der Waals surface area contributed by atoms with Crippen LogP contribution >= 0.6 is 0 Å². The summed E-state index contributed by atoms with van der Waals surface area (Å²) in [5, 5.41) is 14.3. The topological polar surface area (TPSA) is 78.1 Å². The number of hydrogen-bond donors (Lipinski definition) is 1. The van der Waals surface area contributed by atoms with Crippen molar-refractivity contribution in [2.24, 2.45) is 0 Å². The molecule has 1 aliphatic heterocycles. The average molecular weight is 404 g/mol. The molecule has 1 aromatic carbocycles. The van der Waals surface area contributed by atoms with Gasteiger partial charge in [-0.1, -0.05) is 24.2 Å². The van der Waals surface area contributed by atoms with Crippen LogP contribution in [-0.2, 0) is 13.1 Å². The molecule has 1 aromatic heterocycles. The molecule has 1 saturated heterocycles. The summed E-state index contributed by atoms with van der Waals surface area (Å²) in [7, 11) is 2.02. The molecular formula is C21H33N5O3. The number of aryl methyl sites for hydroxylation is 1. The predicted molar refractivity (Wildman–Crippen MR) is 111 cm³/mol. The van der Waals surface area contributed by atoms with Gasteiger partial charge in [0.25, 0.3) is 0 Å². The van der Waals surface area contributed by atoms with Crippen molar-refractivity contribution in [3.63, 3.8) is 0 Å². The maximum atomic E-state index is 10.4. The molecule has 3 rings (SSSR count). The fraction of sp³-hybridized carbons (Fsp3) is 0.619. The Morgan fingerprint density at radius 1 is 1.21 bits per heavy atom. The van der Waals surface area contributed by atoms with Gasteiger partial charge in [0.15, 0.2) is 5.82 Å². The molecule has 0 aliphatic carbocycles. The zero-order chi connectivity index (χ0) is 20.6. The molecule has 1 atom stereocenters. The van der Waals surface area contributed by atoms with Crippen molar-refractivity contribution in [3.8, 4) is 5.75 Å². The summed E-state index contributed by atoms with van der Waals surface area (Å²) in [5.74, 6) is 2.04. The summed E-state index contributed by atoms with van der Waals surface area (Å²) in [6, 6.07) is 7.99. The Morgan fingerprint density at radius 3 is 2.66 bits per heavy atom. The van der Waals surface area contributed by atoms with E-state index in [4.69, 9.17) is 9.26 Å². The van der Waals surface area contributed by atoms with Crippen molar-refractivity contribution >= 4 is 0 Å². The number of nitrogens with zero attached hydrogens (tertiary/aromatic N) is 5. The lowest BCUT2D eigenvalue weighted by Gasteiger charge is -2.34. The van der Waals surface area contributed by atoms with E-state index >= 15 is 0 Å². The third-order valence-electron chi connectivity index (χ3n) is 5.16. The lowest BCUT2D eigenvalue weighted by molar-refractivity contribution is 0.0470. The summed E-state index contributed by atoms with van der Waals surface area (Å²) < 4.78 is 10.9. The number of likely N-dealkylation sites (N-methyl/N-ethyl adjacent to an activating group) is 1. The monoisotopic (exact) mass is 403 g/mol. The molecule has 8 heteroatoms. The van der Waals surface area contributed by atoms with Crippen LogP contribution in [0.3, 0.4) is 0 Å². The number of hydrogen-bond acceptors (Lipinski definition) is 8. The Morgan fingerprint density at radius 2 is 1.97 bits per heavy atom. The normalized spacial score (nSPS) is 17.0. The van der Waals surface area contributed by atoms with Crippen LogP contribution in [0.1, 0.15) is 24.2 Å². The molecule has 0 spiro atoms. The first kappa shape index (κ1) is 21.7. The van der Waals surface area contributed by atoms with Gasteiger partial charge in [-0.25, -0.2) is 0 Å². The molecule has 2 heterocycles. The number of benzene rings is 1. The van der Waals surface area contributed by atoms with Crippen molar-refractivity contribution in [2.75, 3.05) is 52.9 Å².